The maximum absolute atomic E-state index is 12.2. The molecule has 0 aliphatic rings. The molecule has 2 N–H and O–H groups in total. The summed E-state index contributed by atoms with van der Waals surface area (Å²) in [6.07, 6.45) is 0. The highest BCUT2D eigenvalue weighted by Crippen LogP contribution is 2.18. The van der Waals surface area contributed by atoms with E-state index in [2.05, 4.69) is 4.72 Å². The van der Waals surface area contributed by atoms with E-state index in [1.54, 1.807) is 19.1 Å². The lowest BCUT2D eigenvalue weighted by Gasteiger charge is -2.12. The summed E-state index contributed by atoms with van der Waals surface area (Å²) in [4.78, 5) is 2.19. The summed E-state index contributed by atoms with van der Waals surface area (Å²) in [5.41, 5.74) is 1.18. The number of rotatable bonds is 9. The van der Waals surface area contributed by atoms with Gasteiger partial charge in [-0.15, -0.1) is 0 Å². The highest BCUT2D eigenvalue weighted by molar-refractivity contribution is 7.89. The van der Waals surface area contributed by atoms with Crippen LogP contribution in [0.5, 0.6) is 0 Å². The van der Waals surface area contributed by atoms with Crippen molar-refractivity contribution in [3.63, 3.8) is 0 Å². The third-order valence-electron chi connectivity index (χ3n) is 3.08. The Morgan fingerprint density at radius 3 is 2.62 bits per heavy atom. The molecule has 0 saturated heterocycles. The van der Waals surface area contributed by atoms with Crippen molar-refractivity contribution in [2.75, 3.05) is 40.4 Å². The molecule has 0 bridgehead atoms. The molecule has 0 fully saturated rings. The molecule has 0 atom stereocenters. The fourth-order valence-corrected chi connectivity index (χ4v) is 3.10. The average Bonchev–Trinajstić information content (AvgIpc) is 2.42. The molecule has 1 rings (SSSR count). The van der Waals surface area contributed by atoms with Crippen molar-refractivity contribution < 1.29 is 18.3 Å². The van der Waals surface area contributed by atoms with Crippen LogP contribution in [0.4, 0.5) is 0 Å². The molecular weight excluding hydrogens is 292 g/mol. The summed E-state index contributed by atoms with van der Waals surface area (Å²) in [6.45, 7) is 3.42. The van der Waals surface area contributed by atoms with Crippen molar-refractivity contribution >= 4 is 10.0 Å². The van der Waals surface area contributed by atoms with Gasteiger partial charge in [-0.2, -0.15) is 0 Å². The topological polar surface area (TPSA) is 78.9 Å². The first kappa shape index (κ1) is 18.1. The molecule has 21 heavy (non-hydrogen) atoms. The largest absolute Gasteiger partial charge is 0.392 e. The Bertz CT molecular complexity index is 544. The van der Waals surface area contributed by atoms with Crippen LogP contribution >= 0.6 is 0 Å². The Balaban J connectivity index is 2.54. The number of ether oxygens (including phenoxy) is 1. The molecule has 0 spiro atoms. The van der Waals surface area contributed by atoms with E-state index in [-0.39, 0.29) is 18.0 Å². The van der Waals surface area contributed by atoms with Gasteiger partial charge < -0.3 is 14.7 Å². The van der Waals surface area contributed by atoms with Crippen LogP contribution in [0.2, 0.25) is 0 Å². The maximum atomic E-state index is 12.2. The number of aliphatic hydroxyl groups is 1. The van der Waals surface area contributed by atoms with Crippen LogP contribution in [0.3, 0.4) is 0 Å². The highest BCUT2D eigenvalue weighted by atomic mass is 32.2. The Morgan fingerprint density at radius 2 is 2.00 bits per heavy atom. The Morgan fingerprint density at radius 1 is 1.29 bits per heavy atom. The molecule has 0 radical (unpaired) electrons. The van der Waals surface area contributed by atoms with Gasteiger partial charge in [0.1, 0.15) is 0 Å². The molecule has 0 aliphatic carbocycles. The van der Waals surface area contributed by atoms with Gasteiger partial charge in [-0.25, -0.2) is 13.1 Å². The molecule has 0 unspecified atom stereocenters. The second kappa shape index (κ2) is 8.45. The first-order valence-corrected chi connectivity index (χ1v) is 8.28. The molecule has 7 heteroatoms. The minimum absolute atomic E-state index is 0.178. The Kier molecular flexibility index (Phi) is 7.27. The highest BCUT2D eigenvalue weighted by Gasteiger charge is 2.17. The van der Waals surface area contributed by atoms with Gasteiger partial charge in [-0.05, 0) is 38.2 Å². The standard InChI is InChI=1S/C14H24N2O4S/c1-12-13(11-17)5-4-6-14(12)21(18,19)15-7-9-20-10-8-16(2)3/h4-6,15,17H,7-11H2,1-3H3. The van der Waals surface area contributed by atoms with Crippen LogP contribution in [0.25, 0.3) is 0 Å². The first-order chi connectivity index (χ1) is 9.88. The van der Waals surface area contributed by atoms with Crippen LogP contribution < -0.4 is 4.72 Å². The van der Waals surface area contributed by atoms with E-state index >= 15 is 0 Å². The lowest BCUT2D eigenvalue weighted by molar-refractivity contribution is 0.122. The second-order valence-electron chi connectivity index (χ2n) is 5.01. The minimum atomic E-state index is -3.58. The van der Waals surface area contributed by atoms with Crippen LogP contribution in [0.1, 0.15) is 11.1 Å². The summed E-state index contributed by atoms with van der Waals surface area (Å²) in [6, 6.07) is 4.86. The third kappa shape index (κ3) is 5.72. The van der Waals surface area contributed by atoms with Gasteiger partial charge in [0.25, 0.3) is 0 Å². The molecule has 1 aromatic rings. The van der Waals surface area contributed by atoms with Gasteiger partial charge in [0.05, 0.1) is 24.7 Å². The van der Waals surface area contributed by atoms with Crippen LogP contribution in [0, 0.1) is 6.92 Å². The number of hydrogen-bond acceptors (Lipinski definition) is 5. The van der Waals surface area contributed by atoms with E-state index in [4.69, 9.17) is 4.74 Å². The van der Waals surface area contributed by atoms with Crippen molar-refractivity contribution in [1.82, 2.24) is 9.62 Å². The fraction of sp³-hybridized carbons (Fsp3) is 0.571. The number of likely N-dealkylation sites (N-methyl/N-ethyl adjacent to an activating group) is 1. The van der Waals surface area contributed by atoms with Crippen LogP contribution in [-0.2, 0) is 21.4 Å². The molecule has 0 heterocycles. The molecule has 0 amide bonds. The third-order valence-corrected chi connectivity index (χ3v) is 4.68. The summed E-state index contributed by atoms with van der Waals surface area (Å²) in [5.74, 6) is 0. The molecule has 120 valence electrons. The van der Waals surface area contributed by atoms with Gasteiger partial charge >= 0.3 is 0 Å². The Labute approximate surface area is 126 Å². The number of aliphatic hydroxyl groups excluding tert-OH is 1. The van der Waals surface area contributed by atoms with Gasteiger partial charge in [0.15, 0.2) is 0 Å². The lowest BCUT2D eigenvalue weighted by Crippen LogP contribution is -2.29. The number of nitrogens with one attached hydrogen (secondary N) is 1. The van der Waals surface area contributed by atoms with Crippen LogP contribution in [0.15, 0.2) is 23.1 Å². The molecule has 6 nitrogen and oxygen atoms in total. The molecule has 0 aliphatic heterocycles. The number of sulfonamides is 1. The minimum Gasteiger partial charge on any atom is -0.392 e. The molecule has 0 aromatic heterocycles. The van der Waals surface area contributed by atoms with Gasteiger partial charge in [0, 0.05) is 13.1 Å². The quantitative estimate of drug-likeness (QED) is 0.643. The van der Waals surface area contributed by atoms with Gasteiger partial charge in [-0.3, -0.25) is 0 Å². The average molecular weight is 316 g/mol. The summed E-state index contributed by atoms with van der Waals surface area (Å²) in [5, 5.41) is 9.19. The maximum Gasteiger partial charge on any atom is 0.240 e. The van der Waals surface area contributed by atoms with E-state index < -0.39 is 10.0 Å². The second-order valence-corrected chi connectivity index (χ2v) is 6.75. The molecule has 1 aromatic carbocycles. The monoisotopic (exact) mass is 316 g/mol. The van der Waals surface area contributed by atoms with E-state index in [1.165, 1.54) is 6.07 Å². The smallest absolute Gasteiger partial charge is 0.240 e. The van der Waals surface area contributed by atoms with E-state index in [0.29, 0.717) is 24.3 Å². The van der Waals surface area contributed by atoms with Gasteiger partial charge in [-0.1, -0.05) is 12.1 Å². The summed E-state index contributed by atoms with van der Waals surface area (Å²) >= 11 is 0. The molecular formula is C14H24N2O4S. The summed E-state index contributed by atoms with van der Waals surface area (Å²) in [7, 11) is 0.316. The van der Waals surface area contributed by atoms with Crippen molar-refractivity contribution in [3.8, 4) is 0 Å². The van der Waals surface area contributed by atoms with Gasteiger partial charge in [0.2, 0.25) is 10.0 Å². The predicted molar refractivity (Wildman–Crippen MR) is 81.7 cm³/mol. The molecule has 0 saturated carbocycles. The zero-order valence-corrected chi connectivity index (χ0v) is 13.6. The van der Waals surface area contributed by atoms with E-state index in [0.717, 1.165) is 6.54 Å². The normalized spacial score (nSPS) is 12.0. The number of nitrogens with zero attached hydrogens (tertiary/aromatic N) is 1. The zero-order chi connectivity index (χ0) is 15.9. The number of hydrogen-bond donors (Lipinski definition) is 2. The summed E-state index contributed by atoms with van der Waals surface area (Å²) < 4.78 is 32.3. The zero-order valence-electron chi connectivity index (χ0n) is 12.8. The fourth-order valence-electron chi connectivity index (χ4n) is 1.80. The van der Waals surface area contributed by atoms with E-state index in [1.807, 2.05) is 19.0 Å². The van der Waals surface area contributed by atoms with Crippen molar-refractivity contribution in [1.29, 1.82) is 0 Å². The van der Waals surface area contributed by atoms with Crippen molar-refractivity contribution in [3.05, 3.63) is 29.3 Å². The first-order valence-electron chi connectivity index (χ1n) is 6.80. The predicted octanol–water partition coefficient (Wildman–Crippen LogP) is 0.344. The Hall–Kier alpha value is -0.990. The number of benzene rings is 1. The SMILES string of the molecule is Cc1c(CO)cccc1S(=O)(=O)NCCOCCN(C)C. The lowest BCUT2D eigenvalue weighted by atomic mass is 10.1. The van der Waals surface area contributed by atoms with Crippen molar-refractivity contribution in [2.24, 2.45) is 0 Å². The van der Waals surface area contributed by atoms with Crippen LogP contribution in [-0.4, -0.2) is 58.8 Å². The van der Waals surface area contributed by atoms with E-state index in [9.17, 15) is 13.5 Å². The van der Waals surface area contributed by atoms with Crippen molar-refractivity contribution in [2.45, 2.75) is 18.4 Å².